The van der Waals surface area contributed by atoms with Crippen molar-refractivity contribution in [1.82, 2.24) is 4.98 Å². The number of ether oxygens (including phenoxy) is 2. The van der Waals surface area contributed by atoms with Crippen LogP contribution in [0, 0.1) is 0 Å². The van der Waals surface area contributed by atoms with Gasteiger partial charge < -0.3 is 14.8 Å². The molecule has 0 amide bonds. The van der Waals surface area contributed by atoms with Gasteiger partial charge in [-0.1, -0.05) is 18.2 Å². The van der Waals surface area contributed by atoms with Crippen LogP contribution < -0.4 is 5.32 Å². The van der Waals surface area contributed by atoms with Crippen LogP contribution in [0.1, 0.15) is 18.4 Å². The number of fused-ring (bicyclic) bond motifs is 1. The van der Waals surface area contributed by atoms with E-state index in [1.807, 2.05) is 25.2 Å². The summed E-state index contributed by atoms with van der Waals surface area (Å²) in [4.78, 5) is 4.64. The molecule has 1 aromatic heterocycles. The average molecular weight is 272 g/mol. The summed E-state index contributed by atoms with van der Waals surface area (Å²) in [5.41, 5.74) is 2.12. The summed E-state index contributed by atoms with van der Waals surface area (Å²) < 4.78 is 11.4. The van der Waals surface area contributed by atoms with E-state index in [0.717, 1.165) is 48.3 Å². The molecule has 0 aliphatic carbocycles. The van der Waals surface area contributed by atoms with Gasteiger partial charge in [0.15, 0.2) is 0 Å². The number of nitrogens with zero attached hydrogens (tertiary/aromatic N) is 1. The maximum absolute atomic E-state index is 6.00. The molecular formula is C16H20N2O2. The Morgan fingerprint density at radius 3 is 2.90 bits per heavy atom. The Morgan fingerprint density at radius 1 is 1.30 bits per heavy atom. The summed E-state index contributed by atoms with van der Waals surface area (Å²) in [7, 11) is 1.90. The van der Waals surface area contributed by atoms with Crippen molar-refractivity contribution in [3.63, 3.8) is 0 Å². The van der Waals surface area contributed by atoms with Gasteiger partial charge in [0.05, 0.1) is 18.2 Å². The molecule has 2 aromatic rings. The van der Waals surface area contributed by atoms with E-state index >= 15 is 0 Å². The number of para-hydroxylation sites is 1. The van der Waals surface area contributed by atoms with E-state index in [9.17, 15) is 0 Å². The number of nitrogens with one attached hydrogen (secondary N) is 1. The van der Waals surface area contributed by atoms with Crippen molar-refractivity contribution >= 4 is 16.7 Å². The van der Waals surface area contributed by atoms with Gasteiger partial charge in [0.1, 0.15) is 5.82 Å². The quantitative estimate of drug-likeness (QED) is 0.929. The summed E-state index contributed by atoms with van der Waals surface area (Å²) >= 11 is 0. The third-order valence-electron chi connectivity index (χ3n) is 3.68. The predicted molar refractivity (Wildman–Crippen MR) is 79.9 cm³/mol. The fourth-order valence-electron chi connectivity index (χ4n) is 2.54. The fraction of sp³-hybridized carbons (Fsp3) is 0.438. The molecule has 0 saturated carbocycles. The van der Waals surface area contributed by atoms with Crippen molar-refractivity contribution in [3.05, 3.63) is 35.9 Å². The molecule has 0 unspecified atom stereocenters. The number of anilines is 1. The van der Waals surface area contributed by atoms with Crippen molar-refractivity contribution in [1.29, 1.82) is 0 Å². The van der Waals surface area contributed by atoms with E-state index < -0.39 is 0 Å². The highest BCUT2D eigenvalue weighted by Gasteiger charge is 2.15. The topological polar surface area (TPSA) is 43.4 Å². The number of aromatic nitrogens is 1. The lowest BCUT2D eigenvalue weighted by Crippen LogP contribution is -2.23. The number of rotatable bonds is 4. The summed E-state index contributed by atoms with van der Waals surface area (Å²) in [5.74, 6) is 0.899. The van der Waals surface area contributed by atoms with Gasteiger partial charge in [-0.25, -0.2) is 4.98 Å². The average Bonchev–Trinajstić information content (AvgIpc) is 2.53. The smallest absolute Gasteiger partial charge is 0.131 e. The van der Waals surface area contributed by atoms with Gasteiger partial charge in [-0.2, -0.15) is 0 Å². The molecule has 1 saturated heterocycles. The predicted octanol–water partition coefficient (Wildman–Crippen LogP) is 2.97. The van der Waals surface area contributed by atoms with Crippen LogP contribution in [-0.2, 0) is 16.1 Å². The van der Waals surface area contributed by atoms with Crippen molar-refractivity contribution in [2.24, 2.45) is 0 Å². The highest BCUT2D eigenvalue weighted by molar-refractivity contribution is 5.81. The lowest BCUT2D eigenvalue weighted by Gasteiger charge is -2.23. The van der Waals surface area contributed by atoms with E-state index in [2.05, 4.69) is 22.4 Å². The first-order chi connectivity index (χ1) is 9.86. The molecule has 0 bridgehead atoms. The minimum Gasteiger partial charge on any atom is -0.381 e. The second-order valence-electron chi connectivity index (χ2n) is 5.06. The van der Waals surface area contributed by atoms with Crippen molar-refractivity contribution < 1.29 is 9.47 Å². The van der Waals surface area contributed by atoms with Crippen LogP contribution in [0.4, 0.5) is 5.82 Å². The normalized spacial score (nSPS) is 16.4. The Balaban J connectivity index is 1.78. The summed E-state index contributed by atoms with van der Waals surface area (Å²) in [6, 6.07) is 10.3. The first-order valence-electron chi connectivity index (χ1n) is 7.12. The van der Waals surface area contributed by atoms with Gasteiger partial charge in [0.25, 0.3) is 0 Å². The highest BCUT2D eigenvalue weighted by atomic mass is 16.5. The molecule has 0 atom stereocenters. The highest BCUT2D eigenvalue weighted by Crippen LogP contribution is 2.22. The zero-order valence-electron chi connectivity index (χ0n) is 11.8. The second-order valence-corrected chi connectivity index (χ2v) is 5.06. The van der Waals surface area contributed by atoms with Gasteiger partial charge in [-0.05, 0) is 25.0 Å². The lowest BCUT2D eigenvalue weighted by molar-refractivity contribution is -0.0389. The summed E-state index contributed by atoms with van der Waals surface area (Å²) in [6.45, 7) is 2.21. The third kappa shape index (κ3) is 2.92. The SMILES string of the molecule is CNc1nc2ccccc2cc1COC1CCOCC1. The summed E-state index contributed by atoms with van der Waals surface area (Å²) in [5, 5.41) is 4.31. The molecule has 106 valence electrons. The minimum absolute atomic E-state index is 0.305. The molecule has 1 fully saturated rings. The zero-order valence-corrected chi connectivity index (χ0v) is 11.8. The van der Waals surface area contributed by atoms with Crippen LogP contribution in [0.15, 0.2) is 30.3 Å². The first-order valence-corrected chi connectivity index (χ1v) is 7.12. The van der Waals surface area contributed by atoms with Gasteiger partial charge in [-0.15, -0.1) is 0 Å². The number of pyridine rings is 1. The largest absolute Gasteiger partial charge is 0.381 e. The van der Waals surface area contributed by atoms with Crippen LogP contribution >= 0.6 is 0 Å². The Labute approximate surface area is 119 Å². The molecule has 0 spiro atoms. The Hall–Kier alpha value is -1.65. The van der Waals surface area contributed by atoms with Crippen molar-refractivity contribution in [3.8, 4) is 0 Å². The van der Waals surface area contributed by atoms with E-state index in [4.69, 9.17) is 9.47 Å². The number of hydrogen-bond acceptors (Lipinski definition) is 4. The molecule has 1 aliphatic heterocycles. The van der Waals surface area contributed by atoms with E-state index in [-0.39, 0.29) is 0 Å². The van der Waals surface area contributed by atoms with Gasteiger partial charge in [-0.3, -0.25) is 0 Å². The molecule has 1 aromatic carbocycles. The van der Waals surface area contributed by atoms with Gasteiger partial charge >= 0.3 is 0 Å². The van der Waals surface area contributed by atoms with Gasteiger partial charge in [0, 0.05) is 31.2 Å². The standard InChI is InChI=1S/C16H20N2O2/c1-17-16-13(11-20-14-6-8-19-9-7-14)10-12-4-2-3-5-15(12)18-16/h2-5,10,14H,6-9,11H2,1H3,(H,17,18). The molecule has 2 heterocycles. The number of hydrogen-bond donors (Lipinski definition) is 1. The second kappa shape index (κ2) is 6.20. The Bertz CT molecular complexity index is 580. The molecule has 3 rings (SSSR count). The first kappa shape index (κ1) is 13.3. The van der Waals surface area contributed by atoms with Crippen LogP contribution in [0.3, 0.4) is 0 Å². The Morgan fingerprint density at radius 2 is 2.10 bits per heavy atom. The van der Waals surface area contributed by atoms with Crippen LogP contribution in [0.2, 0.25) is 0 Å². The molecule has 1 N–H and O–H groups in total. The third-order valence-corrected chi connectivity index (χ3v) is 3.68. The van der Waals surface area contributed by atoms with Gasteiger partial charge in [0.2, 0.25) is 0 Å². The zero-order chi connectivity index (χ0) is 13.8. The van der Waals surface area contributed by atoms with Crippen LogP contribution in [-0.4, -0.2) is 31.3 Å². The Kier molecular flexibility index (Phi) is 4.14. The summed E-state index contributed by atoms with van der Waals surface area (Å²) in [6.07, 6.45) is 2.27. The molecule has 0 radical (unpaired) electrons. The monoisotopic (exact) mass is 272 g/mol. The van der Waals surface area contributed by atoms with E-state index in [1.165, 1.54) is 0 Å². The molecule has 1 aliphatic rings. The fourth-order valence-corrected chi connectivity index (χ4v) is 2.54. The van der Waals surface area contributed by atoms with Crippen molar-refractivity contribution in [2.45, 2.75) is 25.6 Å². The number of benzene rings is 1. The molecule has 4 nitrogen and oxygen atoms in total. The van der Waals surface area contributed by atoms with Crippen LogP contribution in [0.25, 0.3) is 10.9 Å². The lowest BCUT2D eigenvalue weighted by atomic mass is 10.1. The minimum atomic E-state index is 0.305. The van der Waals surface area contributed by atoms with Crippen molar-refractivity contribution in [2.75, 3.05) is 25.6 Å². The van der Waals surface area contributed by atoms with E-state index in [0.29, 0.717) is 12.7 Å². The van der Waals surface area contributed by atoms with Crippen LogP contribution in [0.5, 0.6) is 0 Å². The van der Waals surface area contributed by atoms with E-state index in [1.54, 1.807) is 0 Å². The molecular weight excluding hydrogens is 252 g/mol. The molecule has 20 heavy (non-hydrogen) atoms. The maximum atomic E-state index is 6.00. The molecule has 4 heteroatoms. The maximum Gasteiger partial charge on any atom is 0.131 e.